The zero-order valence-corrected chi connectivity index (χ0v) is 18.9. The second kappa shape index (κ2) is 9.11. The highest BCUT2D eigenvalue weighted by Crippen LogP contribution is 2.33. The molecule has 1 aromatic carbocycles. The maximum atomic E-state index is 12.8. The van der Waals surface area contributed by atoms with Gasteiger partial charge in [-0.15, -0.1) is 11.3 Å². The van der Waals surface area contributed by atoms with Crippen LogP contribution in [-0.4, -0.2) is 34.8 Å². The topological polar surface area (TPSA) is 62.3 Å². The van der Waals surface area contributed by atoms with Crippen LogP contribution in [0.4, 0.5) is 5.69 Å². The first-order valence-corrected chi connectivity index (χ1v) is 12.7. The number of nitrogens with zero attached hydrogens (tertiary/aromatic N) is 2. The summed E-state index contributed by atoms with van der Waals surface area (Å²) in [6.45, 7) is 1.63. The fraction of sp³-hybridized carbons (Fsp3) is 0.560. The minimum Gasteiger partial charge on any atom is -0.342 e. The van der Waals surface area contributed by atoms with E-state index in [-0.39, 0.29) is 11.8 Å². The highest BCUT2D eigenvalue weighted by molar-refractivity contribution is 7.10. The van der Waals surface area contributed by atoms with Crippen LogP contribution >= 0.6 is 11.3 Å². The zero-order chi connectivity index (χ0) is 21.2. The van der Waals surface area contributed by atoms with Crippen molar-refractivity contribution in [1.82, 2.24) is 9.88 Å². The maximum absolute atomic E-state index is 12.8. The number of aromatic nitrogens is 1. The van der Waals surface area contributed by atoms with Gasteiger partial charge < -0.3 is 10.2 Å². The Morgan fingerprint density at radius 2 is 1.74 bits per heavy atom. The Morgan fingerprint density at radius 3 is 2.55 bits per heavy atom. The third kappa shape index (κ3) is 4.54. The number of benzene rings is 1. The van der Waals surface area contributed by atoms with Gasteiger partial charge in [-0.05, 0) is 68.2 Å². The summed E-state index contributed by atoms with van der Waals surface area (Å²) in [5.41, 5.74) is 4.12. The van der Waals surface area contributed by atoms with Gasteiger partial charge in [-0.3, -0.25) is 9.59 Å². The second-order valence-corrected chi connectivity index (χ2v) is 10.2. The van der Waals surface area contributed by atoms with Gasteiger partial charge in [-0.1, -0.05) is 25.3 Å². The lowest BCUT2D eigenvalue weighted by Crippen LogP contribution is -2.41. The molecule has 5 nitrogen and oxygen atoms in total. The third-order valence-corrected chi connectivity index (χ3v) is 8.23. The van der Waals surface area contributed by atoms with E-state index < -0.39 is 0 Å². The van der Waals surface area contributed by atoms with E-state index in [2.05, 4.69) is 27.3 Å². The number of amides is 2. The summed E-state index contributed by atoms with van der Waals surface area (Å²) in [4.78, 5) is 32.2. The molecule has 2 aliphatic carbocycles. The molecule has 1 aromatic heterocycles. The van der Waals surface area contributed by atoms with Crippen molar-refractivity contribution in [3.05, 3.63) is 45.4 Å². The van der Waals surface area contributed by atoms with Gasteiger partial charge in [-0.2, -0.15) is 0 Å². The first-order valence-electron chi connectivity index (χ1n) is 11.8. The first-order chi connectivity index (χ1) is 15.2. The van der Waals surface area contributed by atoms with Crippen LogP contribution in [0.5, 0.6) is 0 Å². The summed E-state index contributed by atoms with van der Waals surface area (Å²) in [5.74, 6) is 0.832. The molecule has 5 rings (SSSR count). The summed E-state index contributed by atoms with van der Waals surface area (Å²) in [6.07, 6.45) is 11.1. The maximum Gasteiger partial charge on any atom is 0.275 e. The molecule has 2 heterocycles. The Morgan fingerprint density at radius 1 is 0.968 bits per heavy atom. The number of anilines is 1. The first kappa shape index (κ1) is 20.7. The van der Waals surface area contributed by atoms with Gasteiger partial charge in [-0.25, -0.2) is 4.98 Å². The van der Waals surface area contributed by atoms with Crippen LogP contribution in [0.3, 0.4) is 0 Å². The predicted molar refractivity (Wildman–Crippen MR) is 124 cm³/mol. The predicted octanol–water partition coefficient (Wildman–Crippen LogP) is 5.17. The van der Waals surface area contributed by atoms with Crippen molar-refractivity contribution in [2.24, 2.45) is 5.92 Å². The number of aryl methyl sites for hydroxylation is 2. The molecule has 1 saturated carbocycles. The van der Waals surface area contributed by atoms with Crippen LogP contribution in [0.15, 0.2) is 23.6 Å². The lowest BCUT2D eigenvalue weighted by molar-refractivity contribution is -0.137. The van der Waals surface area contributed by atoms with Crippen molar-refractivity contribution in [3.63, 3.8) is 0 Å². The molecule has 0 unspecified atom stereocenters. The standard InChI is InChI=1S/C25H31N3O2S/c29-23(26-21-10-9-17-7-4-8-20(17)15-21)22-16-31-24(27-22)18-11-13-28(14-12-18)25(30)19-5-2-1-3-6-19/h9-10,15-16,18-19H,1-8,11-14H2,(H,26,29). The number of rotatable bonds is 4. The van der Waals surface area contributed by atoms with E-state index in [0.29, 0.717) is 17.5 Å². The average Bonchev–Trinajstić information content (AvgIpc) is 3.49. The van der Waals surface area contributed by atoms with E-state index in [9.17, 15) is 9.59 Å². The Kier molecular flexibility index (Phi) is 6.08. The van der Waals surface area contributed by atoms with Crippen LogP contribution in [0, 0.1) is 5.92 Å². The minimum atomic E-state index is -0.134. The molecule has 1 N–H and O–H groups in total. The van der Waals surface area contributed by atoms with Crippen LogP contribution in [0.1, 0.15) is 83.9 Å². The third-order valence-electron chi connectivity index (χ3n) is 7.22. The van der Waals surface area contributed by atoms with Gasteiger partial charge in [0.15, 0.2) is 0 Å². The number of piperidine rings is 1. The van der Waals surface area contributed by atoms with Crippen LogP contribution in [0.2, 0.25) is 0 Å². The number of thiazole rings is 1. The van der Waals surface area contributed by atoms with Crippen molar-refractivity contribution < 1.29 is 9.59 Å². The molecule has 2 amide bonds. The number of likely N-dealkylation sites (tertiary alicyclic amines) is 1. The largest absolute Gasteiger partial charge is 0.342 e. The SMILES string of the molecule is O=C(Nc1ccc2c(c1)CCC2)c1csc(C2CCN(C(=O)C3CCCCC3)CC2)n1. The van der Waals surface area contributed by atoms with E-state index in [4.69, 9.17) is 0 Å². The van der Waals surface area contributed by atoms with Crippen molar-refractivity contribution in [1.29, 1.82) is 0 Å². The average molecular weight is 438 g/mol. The van der Waals surface area contributed by atoms with Gasteiger partial charge >= 0.3 is 0 Å². The second-order valence-electron chi connectivity index (χ2n) is 9.30. The summed E-state index contributed by atoms with van der Waals surface area (Å²) in [7, 11) is 0. The molecule has 0 spiro atoms. The number of hydrogen-bond donors (Lipinski definition) is 1. The molecule has 6 heteroatoms. The normalized spacial score (nSPS) is 19.9. The monoisotopic (exact) mass is 437 g/mol. The van der Waals surface area contributed by atoms with Gasteiger partial charge in [0, 0.05) is 36.0 Å². The van der Waals surface area contributed by atoms with Crippen molar-refractivity contribution in [3.8, 4) is 0 Å². The minimum absolute atomic E-state index is 0.134. The van der Waals surface area contributed by atoms with Gasteiger partial charge in [0.1, 0.15) is 5.69 Å². The quantitative estimate of drug-likeness (QED) is 0.718. The fourth-order valence-electron chi connectivity index (χ4n) is 5.38. The summed E-state index contributed by atoms with van der Waals surface area (Å²) in [5, 5.41) is 5.92. The van der Waals surface area contributed by atoms with Gasteiger partial charge in [0.2, 0.25) is 5.91 Å². The smallest absolute Gasteiger partial charge is 0.275 e. The molecule has 3 aliphatic rings. The van der Waals surface area contributed by atoms with E-state index in [1.807, 2.05) is 11.4 Å². The van der Waals surface area contributed by atoms with Crippen molar-refractivity contribution >= 4 is 28.8 Å². The lowest BCUT2D eigenvalue weighted by Gasteiger charge is -2.34. The number of nitrogens with one attached hydrogen (secondary N) is 1. The molecule has 0 atom stereocenters. The molecule has 0 bridgehead atoms. The molecule has 2 fully saturated rings. The van der Waals surface area contributed by atoms with Crippen molar-refractivity contribution in [2.45, 2.75) is 70.1 Å². The highest BCUT2D eigenvalue weighted by Gasteiger charge is 2.30. The van der Waals surface area contributed by atoms with Gasteiger partial charge in [0.25, 0.3) is 5.91 Å². The number of carbonyl (C=O) groups is 2. The van der Waals surface area contributed by atoms with E-state index >= 15 is 0 Å². The number of carbonyl (C=O) groups excluding carboxylic acids is 2. The molecule has 1 saturated heterocycles. The van der Waals surface area contributed by atoms with E-state index in [0.717, 1.165) is 62.3 Å². The van der Waals surface area contributed by atoms with Gasteiger partial charge in [0.05, 0.1) is 5.01 Å². The molecular weight excluding hydrogens is 406 g/mol. The molecule has 2 aromatic rings. The van der Waals surface area contributed by atoms with Crippen LogP contribution in [-0.2, 0) is 17.6 Å². The Hall–Kier alpha value is -2.21. The summed E-state index contributed by atoms with van der Waals surface area (Å²) < 4.78 is 0. The van der Waals surface area contributed by atoms with Crippen molar-refractivity contribution in [2.75, 3.05) is 18.4 Å². The summed E-state index contributed by atoms with van der Waals surface area (Å²) >= 11 is 1.58. The Balaban J connectivity index is 1.16. The number of fused-ring (bicyclic) bond motifs is 1. The molecular formula is C25H31N3O2S. The number of hydrogen-bond acceptors (Lipinski definition) is 4. The molecule has 0 radical (unpaired) electrons. The highest BCUT2D eigenvalue weighted by atomic mass is 32.1. The lowest BCUT2D eigenvalue weighted by atomic mass is 9.87. The van der Waals surface area contributed by atoms with Crippen LogP contribution in [0.25, 0.3) is 0 Å². The van der Waals surface area contributed by atoms with E-state index in [1.165, 1.54) is 36.8 Å². The fourth-order valence-corrected chi connectivity index (χ4v) is 6.35. The molecule has 1 aliphatic heterocycles. The van der Waals surface area contributed by atoms with Crippen LogP contribution < -0.4 is 5.32 Å². The zero-order valence-electron chi connectivity index (χ0n) is 18.1. The Bertz CT molecular complexity index is 955. The summed E-state index contributed by atoms with van der Waals surface area (Å²) in [6, 6.07) is 6.23. The molecule has 164 valence electrons. The molecule has 31 heavy (non-hydrogen) atoms. The van der Waals surface area contributed by atoms with E-state index in [1.54, 1.807) is 11.3 Å². The Labute approximate surface area is 188 Å².